The maximum atomic E-state index is 13.7. The van der Waals surface area contributed by atoms with Gasteiger partial charge >= 0.3 is 0 Å². The molecule has 0 aromatic heterocycles. The number of amides is 1. The zero-order valence-corrected chi connectivity index (χ0v) is 13.7. The SMILES string of the molecule is CCOCC(=O)NC(C)c1cc(F)ccc1N1CCC(O)CC1. The lowest BCUT2D eigenvalue weighted by atomic mass is 10.0. The second-order valence-electron chi connectivity index (χ2n) is 5.85. The van der Waals surface area contributed by atoms with Crippen molar-refractivity contribution in [1.82, 2.24) is 5.32 Å². The number of carbonyl (C=O) groups is 1. The van der Waals surface area contributed by atoms with Gasteiger partial charge in [-0.25, -0.2) is 4.39 Å². The van der Waals surface area contributed by atoms with Gasteiger partial charge in [-0.2, -0.15) is 0 Å². The molecule has 1 aliphatic heterocycles. The van der Waals surface area contributed by atoms with Gasteiger partial charge in [-0.3, -0.25) is 4.79 Å². The summed E-state index contributed by atoms with van der Waals surface area (Å²) in [6, 6.07) is 4.32. The molecule has 1 fully saturated rings. The molecule has 128 valence electrons. The highest BCUT2D eigenvalue weighted by Gasteiger charge is 2.22. The Balaban J connectivity index is 2.13. The standard InChI is InChI=1S/C17H25FN2O3/c1-3-23-11-17(22)19-12(2)15-10-13(18)4-5-16(15)20-8-6-14(21)7-9-20/h4-5,10,12,14,21H,3,6-9,11H2,1-2H3,(H,19,22). The van der Waals surface area contributed by atoms with Crippen molar-refractivity contribution in [3.63, 3.8) is 0 Å². The van der Waals surface area contributed by atoms with Crippen molar-refractivity contribution in [1.29, 1.82) is 0 Å². The maximum absolute atomic E-state index is 13.7. The second-order valence-corrected chi connectivity index (χ2v) is 5.85. The van der Waals surface area contributed by atoms with Crippen molar-refractivity contribution < 1.29 is 19.0 Å². The number of nitrogens with one attached hydrogen (secondary N) is 1. The first-order chi connectivity index (χ1) is 11.0. The summed E-state index contributed by atoms with van der Waals surface area (Å²) in [5.41, 5.74) is 1.65. The molecule has 2 N–H and O–H groups in total. The minimum absolute atomic E-state index is 0.00138. The average Bonchev–Trinajstić information content (AvgIpc) is 2.53. The second kappa shape index (κ2) is 8.26. The molecule has 1 saturated heterocycles. The van der Waals surface area contributed by atoms with Crippen molar-refractivity contribution in [2.75, 3.05) is 31.2 Å². The highest BCUT2D eigenvalue weighted by molar-refractivity contribution is 5.78. The highest BCUT2D eigenvalue weighted by Crippen LogP contribution is 2.29. The van der Waals surface area contributed by atoms with Gasteiger partial charge < -0.3 is 20.1 Å². The molecular weight excluding hydrogens is 299 g/mol. The van der Waals surface area contributed by atoms with E-state index in [0.717, 1.165) is 24.3 Å². The van der Waals surface area contributed by atoms with E-state index in [0.29, 0.717) is 19.4 Å². The number of ether oxygens (including phenoxy) is 1. The van der Waals surface area contributed by atoms with Gasteiger partial charge in [-0.05, 0) is 44.9 Å². The van der Waals surface area contributed by atoms with E-state index in [2.05, 4.69) is 10.2 Å². The van der Waals surface area contributed by atoms with Crippen LogP contribution >= 0.6 is 0 Å². The van der Waals surface area contributed by atoms with Crippen LogP contribution in [0.4, 0.5) is 10.1 Å². The molecule has 1 heterocycles. The number of nitrogens with zero attached hydrogens (tertiary/aromatic N) is 1. The quantitative estimate of drug-likeness (QED) is 0.840. The lowest BCUT2D eigenvalue weighted by Crippen LogP contribution is -2.37. The first kappa shape index (κ1) is 17.7. The number of rotatable bonds is 6. The van der Waals surface area contributed by atoms with Crippen LogP contribution in [0.5, 0.6) is 0 Å². The zero-order chi connectivity index (χ0) is 16.8. The summed E-state index contributed by atoms with van der Waals surface area (Å²) in [6.07, 6.45) is 1.13. The molecule has 0 bridgehead atoms. The summed E-state index contributed by atoms with van der Waals surface area (Å²) in [4.78, 5) is 14.0. The lowest BCUT2D eigenvalue weighted by molar-refractivity contribution is -0.126. The number of halogens is 1. The van der Waals surface area contributed by atoms with E-state index in [4.69, 9.17) is 4.74 Å². The molecule has 1 aromatic rings. The number of piperidine rings is 1. The molecule has 1 unspecified atom stereocenters. The van der Waals surface area contributed by atoms with E-state index in [1.807, 2.05) is 13.8 Å². The summed E-state index contributed by atoms with van der Waals surface area (Å²) in [7, 11) is 0. The third-order valence-corrected chi connectivity index (χ3v) is 4.08. The molecule has 1 atom stereocenters. The minimum atomic E-state index is -0.327. The van der Waals surface area contributed by atoms with E-state index >= 15 is 0 Å². The lowest BCUT2D eigenvalue weighted by Gasteiger charge is -2.34. The number of carbonyl (C=O) groups excluding carboxylic acids is 1. The van der Waals surface area contributed by atoms with E-state index in [1.54, 1.807) is 6.07 Å². The van der Waals surface area contributed by atoms with Gasteiger partial charge in [0.1, 0.15) is 12.4 Å². The molecule has 2 rings (SSSR count). The number of aliphatic hydroxyl groups is 1. The Morgan fingerprint density at radius 2 is 2.17 bits per heavy atom. The molecule has 1 aromatic carbocycles. The highest BCUT2D eigenvalue weighted by atomic mass is 19.1. The molecule has 0 spiro atoms. The van der Waals surface area contributed by atoms with Gasteiger partial charge in [0, 0.05) is 30.9 Å². The Labute approximate surface area is 136 Å². The Morgan fingerprint density at radius 1 is 1.48 bits per heavy atom. The van der Waals surface area contributed by atoms with Crippen molar-refractivity contribution in [3.05, 3.63) is 29.6 Å². The Kier molecular flexibility index (Phi) is 6.36. The predicted molar refractivity (Wildman–Crippen MR) is 86.9 cm³/mol. The van der Waals surface area contributed by atoms with Crippen LogP contribution in [0.15, 0.2) is 18.2 Å². The van der Waals surface area contributed by atoms with Gasteiger partial charge in [0.2, 0.25) is 5.91 Å². The van der Waals surface area contributed by atoms with Crippen molar-refractivity contribution in [2.45, 2.75) is 38.8 Å². The minimum Gasteiger partial charge on any atom is -0.393 e. The van der Waals surface area contributed by atoms with Crippen LogP contribution in [0.1, 0.15) is 38.3 Å². The summed E-state index contributed by atoms with van der Waals surface area (Å²) in [5, 5.41) is 12.5. The number of hydrogen-bond donors (Lipinski definition) is 2. The number of anilines is 1. The summed E-state index contributed by atoms with van der Waals surface area (Å²) in [6.45, 7) is 5.58. The van der Waals surface area contributed by atoms with Crippen molar-refractivity contribution in [2.24, 2.45) is 0 Å². The number of hydrogen-bond acceptors (Lipinski definition) is 4. The molecule has 23 heavy (non-hydrogen) atoms. The van der Waals surface area contributed by atoms with Crippen LogP contribution in [-0.2, 0) is 9.53 Å². The summed E-state index contributed by atoms with van der Waals surface area (Å²) in [5.74, 6) is -0.546. The van der Waals surface area contributed by atoms with E-state index in [-0.39, 0.29) is 30.5 Å². The van der Waals surface area contributed by atoms with E-state index in [9.17, 15) is 14.3 Å². The van der Waals surface area contributed by atoms with Crippen LogP contribution in [0, 0.1) is 5.82 Å². The van der Waals surface area contributed by atoms with Crippen LogP contribution in [-0.4, -0.2) is 43.4 Å². The fourth-order valence-corrected chi connectivity index (χ4v) is 2.82. The molecular formula is C17H25FN2O3. The van der Waals surface area contributed by atoms with E-state index < -0.39 is 0 Å². The maximum Gasteiger partial charge on any atom is 0.246 e. The molecule has 1 amide bonds. The fraction of sp³-hybridized carbons (Fsp3) is 0.588. The van der Waals surface area contributed by atoms with Gasteiger partial charge in [0.15, 0.2) is 0 Å². The van der Waals surface area contributed by atoms with Gasteiger partial charge in [-0.1, -0.05) is 0 Å². The Morgan fingerprint density at radius 3 is 2.83 bits per heavy atom. The monoisotopic (exact) mass is 324 g/mol. The largest absolute Gasteiger partial charge is 0.393 e. The third-order valence-electron chi connectivity index (χ3n) is 4.08. The topological polar surface area (TPSA) is 61.8 Å². The average molecular weight is 324 g/mol. The molecule has 5 nitrogen and oxygen atoms in total. The predicted octanol–water partition coefficient (Wildman–Crippen LogP) is 2.00. The fourth-order valence-electron chi connectivity index (χ4n) is 2.82. The zero-order valence-electron chi connectivity index (χ0n) is 13.7. The van der Waals surface area contributed by atoms with Crippen molar-refractivity contribution >= 4 is 11.6 Å². The summed E-state index contributed by atoms with van der Waals surface area (Å²) < 4.78 is 18.8. The van der Waals surface area contributed by atoms with Crippen molar-refractivity contribution in [3.8, 4) is 0 Å². The molecule has 0 saturated carbocycles. The summed E-state index contributed by atoms with van der Waals surface area (Å²) >= 11 is 0. The first-order valence-corrected chi connectivity index (χ1v) is 8.10. The van der Waals surface area contributed by atoms with Crippen LogP contribution in [0.25, 0.3) is 0 Å². The Hall–Kier alpha value is -1.66. The third kappa shape index (κ3) is 4.91. The van der Waals surface area contributed by atoms with Crippen LogP contribution in [0.2, 0.25) is 0 Å². The molecule has 0 aliphatic carbocycles. The van der Waals surface area contributed by atoms with Crippen LogP contribution < -0.4 is 10.2 Å². The number of benzene rings is 1. The molecule has 1 aliphatic rings. The number of aliphatic hydroxyl groups excluding tert-OH is 1. The van der Waals surface area contributed by atoms with Gasteiger partial charge in [0.05, 0.1) is 12.1 Å². The van der Waals surface area contributed by atoms with Gasteiger partial charge in [0.25, 0.3) is 0 Å². The molecule has 0 radical (unpaired) electrons. The van der Waals surface area contributed by atoms with E-state index in [1.165, 1.54) is 12.1 Å². The Bertz CT molecular complexity index is 531. The normalized spacial score (nSPS) is 17.1. The van der Waals surface area contributed by atoms with Gasteiger partial charge in [-0.15, -0.1) is 0 Å². The van der Waals surface area contributed by atoms with Crippen LogP contribution in [0.3, 0.4) is 0 Å². The smallest absolute Gasteiger partial charge is 0.246 e. The molecule has 6 heteroatoms. The first-order valence-electron chi connectivity index (χ1n) is 8.10.